The number of nitrogens with zero attached hydrogens (tertiary/aromatic N) is 4. The van der Waals surface area contributed by atoms with Crippen molar-refractivity contribution in [2.75, 3.05) is 49.7 Å². The van der Waals surface area contributed by atoms with Gasteiger partial charge in [-0.1, -0.05) is 29.0 Å². The average Bonchev–Trinajstić information content (AvgIpc) is 3.49. The molecule has 1 unspecified atom stereocenters. The lowest BCUT2D eigenvalue weighted by molar-refractivity contribution is -0.0346. The SMILES string of the molecule is COCOCC1CCCN1c1nc(NCc2ccc(OC)c(Cl)c2)c(NCc2ncccn2)s1. The molecule has 0 radical (unpaired) electrons. The summed E-state index contributed by atoms with van der Waals surface area (Å²) in [6.07, 6.45) is 5.65. The number of nitrogens with one attached hydrogen (secondary N) is 2. The summed E-state index contributed by atoms with van der Waals surface area (Å²) in [4.78, 5) is 15.9. The standard InChI is InChI=1S/C23H29ClN6O3S/c1-31-15-33-14-17-5-3-10-30(17)23-29-21(22(34-23)28-13-20-25-8-4-9-26-20)27-12-16-6-7-19(32-2)18(24)11-16/h4,6-9,11,17,27-28H,3,5,10,12-15H2,1-2H3. The van der Waals surface area contributed by atoms with Crippen molar-refractivity contribution < 1.29 is 14.2 Å². The highest BCUT2D eigenvalue weighted by Gasteiger charge is 2.28. The zero-order valence-electron chi connectivity index (χ0n) is 19.3. The van der Waals surface area contributed by atoms with E-state index in [4.69, 9.17) is 30.8 Å². The van der Waals surface area contributed by atoms with Gasteiger partial charge in [0.05, 0.1) is 31.3 Å². The zero-order chi connectivity index (χ0) is 23.8. The van der Waals surface area contributed by atoms with Gasteiger partial charge in [0.15, 0.2) is 10.9 Å². The van der Waals surface area contributed by atoms with Crippen LogP contribution in [0.2, 0.25) is 5.02 Å². The minimum absolute atomic E-state index is 0.278. The Balaban J connectivity index is 1.50. The lowest BCUT2D eigenvalue weighted by atomic mass is 10.2. The van der Waals surface area contributed by atoms with E-state index in [0.29, 0.717) is 37.3 Å². The van der Waals surface area contributed by atoms with E-state index in [1.54, 1.807) is 44.0 Å². The molecule has 3 heterocycles. The fourth-order valence-corrected chi connectivity index (χ4v) is 5.10. The number of rotatable bonds is 12. The molecular weight excluding hydrogens is 476 g/mol. The Labute approximate surface area is 208 Å². The van der Waals surface area contributed by atoms with Crippen molar-refractivity contribution in [1.29, 1.82) is 0 Å². The minimum Gasteiger partial charge on any atom is -0.495 e. The monoisotopic (exact) mass is 504 g/mol. The summed E-state index contributed by atoms with van der Waals surface area (Å²) in [6.45, 7) is 2.93. The quantitative estimate of drug-likeness (QED) is 0.275. The molecule has 3 aromatic rings. The van der Waals surface area contributed by atoms with E-state index in [1.807, 2.05) is 18.2 Å². The number of aromatic nitrogens is 3. The number of benzene rings is 1. The first-order chi connectivity index (χ1) is 16.7. The maximum atomic E-state index is 6.30. The molecule has 0 bridgehead atoms. The first-order valence-corrected chi connectivity index (χ1v) is 12.3. The van der Waals surface area contributed by atoms with E-state index < -0.39 is 0 Å². The van der Waals surface area contributed by atoms with Crippen molar-refractivity contribution >= 4 is 38.9 Å². The van der Waals surface area contributed by atoms with Crippen molar-refractivity contribution in [2.24, 2.45) is 0 Å². The van der Waals surface area contributed by atoms with E-state index in [0.717, 1.165) is 46.7 Å². The molecule has 11 heteroatoms. The number of anilines is 3. The summed E-state index contributed by atoms with van der Waals surface area (Å²) in [6, 6.07) is 7.83. The largest absolute Gasteiger partial charge is 0.495 e. The van der Waals surface area contributed by atoms with Gasteiger partial charge in [-0.25, -0.2) is 15.0 Å². The molecule has 9 nitrogen and oxygen atoms in total. The fourth-order valence-electron chi connectivity index (χ4n) is 3.79. The third kappa shape index (κ3) is 6.26. The van der Waals surface area contributed by atoms with Crippen LogP contribution < -0.4 is 20.3 Å². The Kier molecular flexibility index (Phi) is 8.75. The summed E-state index contributed by atoms with van der Waals surface area (Å²) >= 11 is 7.91. The molecule has 0 spiro atoms. The Hall–Kier alpha value is -2.66. The van der Waals surface area contributed by atoms with Crippen LogP contribution in [0.3, 0.4) is 0 Å². The second kappa shape index (κ2) is 12.2. The first kappa shape index (κ1) is 24.5. The van der Waals surface area contributed by atoms with Gasteiger partial charge in [0.1, 0.15) is 23.4 Å². The third-order valence-electron chi connectivity index (χ3n) is 5.45. The van der Waals surface area contributed by atoms with E-state index in [-0.39, 0.29) is 6.04 Å². The van der Waals surface area contributed by atoms with Gasteiger partial charge >= 0.3 is 0 Å². The third-order valence-corrected chi connectivity index (χ3v) is 6.80. The molecule has 2 N–H and O–H groups in total. The Bertz CT molecular complexity index is 1050. The predicted octanol–water partition coefficient (Wildman–Crippen LogP) is 4.41. The minimum atomic E-state index is 0.278. The first-order valence-electron chi connectivity index (χ1n) is 11.1. The predicted molar refractivity (Wildman–Crippen MR) is 135 cm³/mol. The highest BCUT2D eigenvalue weighted by molar-refractivity contribution is 7.20. The summed E-state index contributed by atoms with van der Waals surface area (Å²) in [5.41, 5.74) is 1.03. The highest BCUT2D eigenvalue weighted by atomic mass is 35.5. The van der Waals surface area contributed by atoms with E-state index in [1.165, 1.54) is 0 Å². The molecule has 34 heavy (non-hydrogen) atoms. The van der Waals surface area contributed by atoms with Gasteiger partial charge in [-0.05, 0) is 36.6 Å². The maximum absolute atomic E-state index is 6.30. The van der Waals surface area contributed by atoms with E-state index in [2.05, 4.69) is 25.5 Å². The lowest BCUT2D eigenvalue weighted by Crippen LogP contribution is -2.33. The van der Waals surface area contributed by atoms with Gasteiger partial charge in [-0.2, -0.15) is 0 Å². The maximum Gasteiger partial charge on any atom is 0.189 e. The van der Waals surface area contributed by atoms with Crippen LogP contribution in [0.15, 0.2) is 36.7 Å². The van der Waals surface area contributed by atoms with Gasteiger partial charge in [-0.3, -0.25) is 0 Å². The van der Waals surface area contributed by atoms with Crippen molar-refractivity contribution in [3.05, 3.63) is 53.1 Å². The lowest BCUT2D eigenvalue weighted by Gasteiger charge is -2.23. The molecule has 1 saturated heterocycles. The van der Waals surface area contributed by atoms with Crippen molar-refractivity contribution in [3.63, 3.8) is 0 Å². The van der Waals surface area contributed by atoms with Gasteiger partial charge in [0, 0.05) is 32.6 Å². The highest BCUT2D eigenvalue weighted by Crippen LogP contribution is 2.38. The molecule has 1 aliphatic heterocycles. The van der Waals surface area contributed by atoms with Crippen LogP contribution >= 0.6 is 22.9 Å². The van der Waals surface area contributed by atoms with Crippen LogP contribution in [0.4, 0.5) is 16.0 Å². The fraction of sp³-hybridized carbons (Fsp3) is 0.435. The number of hydrogen-bond acceptors (Lipinski definition) is 10. The number of ether oxygens (including phenoxy) is 3. The van der Waals surface area contributed by atoms with Gasteiger partial charge < -0.3 is 29.7 Å². The smallest absolute Gasteiger partial charge is 0.189 e. The summed E-state index contributed by atoms with van der Waals surface area (Å²) in [5.74, 6) is 2.16. The number of thiazole rings is 1. The summed E-state index contributed by atoms with van der Waals surface area (Å²) < 4.78 is 15.9. The molecule has 2 aromatic heterocycles. The van der Waals surface area contributed by atoms with E-state index in [9.17, 15) is 0 Å². The second-order valence-electron chi connectivity index (χ2n) is 7.78. The second-order valence-corrected chi connectivity index (χ2v) is 9.17. The van der Waals surface area contributed by atoms with Gasteiger partial charge in [0.25, 0.3) is 0 Å². The Morgan fingerprint density at radius 2 is 2.03 bits per heavy atom. The van der Waals surface area contributed by atoms with Crippen LogP contribution in [-0.2, 0) is 22.6 Å². The molecule has 182 valence electrons. The van der Waals surface area contributed by atoms with E-state index >= 15 is 0 Å². The summed E-state index contributed by atoms with van der Waals surface area (Å²) in [5, 5.41) is 9.38. The van der Waals surface area contributed by atoms with Crippen LogP contribution in [0.5, 0.6) is 5.75 Å². The number of halogens is 1. The molecule has 1 aromatic carbocycles. The van der Waals surface area contributed by atoms with Gasteiger partial charge in [-0.15, -0.1) is 0 Å². The molecule has 0 amide bonds. The Morgan fingerprint density at radius 3 is 2.79 bits per heavy atom. The number of methoxy groups -OCH3 is 2. The summed E-state index contributed by atoms with van der Waals surface area (Å²) in [7, 11) is 3.24. The van der Waals surface area contributed by atoms with Crippen molar-refractivity contribution in [1.82, 2.24) is 15.0 Å². The topological polar surface area (TPSA) is 93.7 Å². The van der Waals surface area contributed by atoms with Crippen LogP contribution in [0.25, 0.3) is 0 Å². The van der Waals surface area contributed by atoms with Crippen molar-refractivity contribution in [2.45, 2.75) is 32.0 Å². The van der Waals surface area contributed by atoms with Crippen LogP contribution in [-0.4, -0.2) is 55.2 Å². The Morgan fingerprint density at radius 1 is 1.18 bits per heavy atom. The van der Waals surface area contributed by atoms with Crippen molar-refractivity contribution in [3.8, 4) is 5.75 Å². The number of hydrogen-bond donors (Lipinski definition) is 2. The molecule has 1 fully saturated rings. The molecule has 4 rings (SSSR count). The zero-order valence-corrected chi connectivity index (χ0v) is 20.9. The van der Waals surface area contributed by atoms with Gasteiger partial charge in [0.2, 0.25) is 0 Å². The normalized spacial score (nSPS) is 15.5. The molecule has 0 aliphatic carbocycles. The van der Waals surface area contributed by atoms with Crippen LogP contribution in [0, 0.1) is 0 Å². The average molecular weight is 505 g/mol. The molecule has 0 saturated carbocycles. The molecule has 1 atom stereocenters. The molecule has 1 aliphatic rings. The molecular formula is C23H29ClN6O3S. The van der Waals surface area contributed by atoms with Crippen LogP contribution in [0.1, 0.15) is 24.2 Å².